The van der Waals surface area contributed by atoms with E-state index < -0.39 is 0 Å². The third-order valence-corrected chi connectivity index (χ3v) is 4.41. The smallest absolute Gasteiger partial charge is 0.220 e. The molecule has 0 radical (unpaired) electrons. The van der Waals surface area contributed by atoms with Crippen molar-refractivity contribution < 1.29 is 4.79 Å². The number of hydrogen-bond donors (Lipinski definition) is 2. The lowest BCUT2D eigenvalue weighted by molar-refractivity contribution is -0.121. The van der Waals surface area contributed by atoms with Crippen LogP contribution in [0, 0.1) is 6.92 Å². The molecule has 1 aromatic carbocycles. The lowest BCUT2D eigenvalue weighted by atomic mass is 10.1. The van der Waals surface area contributed by atoms with Gasteiger partial charge in [-0.3, -0.25) is 4.79 Å². The minimum absolute atomic E-state index is 0.117. The molecule has 0 saturated heterocycles. The molecule has 0 unspecified atom stereocenters. The van der Waals surface area contributed by atoms with E-state index in [4.69, 9.17) is 4.98 Å². The van der Waals surface area contributed by atoms with E-state index in [1.165, 1.54) is 4.88 Å². The summed E-state index contributed by atoms with van der Waals surface area (Å²) in [6.07, 6.45) is 2.24. The van der Waals surface area contributed by atoms with Crippen molar-refractivity contribution in [2.75, 3.05) is 20.1 Å². The molecular formula is C17H23N3OS. The second-order valence-corrected chi connectivity index (χ2v) is 6.47. The quantitative estimate of drug-likeness (QED) is 0.736. The fourth-order valence-electron chi connectivity index (χ4n) is 2.25. The van der Waals surface area contributed by atoms with Crippen LogP contribution >= 0.6 is 11.3 Å². The molecule has 2 N–H and O–H groups in total. The summed E-state index contributed by atoms with van der Waals surface area (Å²) in [6, 6.07) is 10.2. The topological polar surface area (TPSA) is 54.0 Å². The molecule has 0 saturated carbocycles. The second kappa shape index (κ2) is 8.66. The number of rotatable bonds is 8. The average molecular weight is 317 g/mol. The van der Waals surface area contributed by atoms with Crippen LogP contribution < -0.4 is 10.6 Å². The van der Waals surface area contributed by atoms with Gasteiger partial charge in [-0.15, -0.1) is 11.3 Å². The highest BCUT2D eigenvalue weighted by molar-refractivity contribution is 7.12. The Morgan fingerprint density at radius 1 is 1.23 bits per heavy atom. The Morgan fingerprint density at radius 3 is 2.73 bits per heavy atom. The van der Waals surface area contributed by atoms with Gasteiger partial charge in [-0.25, -0.2) is 4.98 Å². The van der Waals surface area contributed by atoms with Gasteiger partial charge < -0.3 is 10.6 Å². The highest BCUT2D eigenvalue weighted by atomic mass is 32.1. The molecule has 0 aliphatic carbocycles. The predicted molar refractivity (Wildman–Crippen MR) is 92.2 cm³/mol. The Morgan fingerprint density at radius 2 is 2.00 bits per heavy atom. The summed E-state index contributed by atoms with van der Waals surface area (Å²) in [5.41, 5.74) is 2.21. The molecule has 0 aliphatic heterocycles. The molecule has 4 nitrogen and oxygen atoms in total. The zero-order valence-electron chi connectivity index (χ0n) is 13.2. The van der Waals surface area contributed by atoms with Crippen LogP contribution in [0.3, 0.4) is 0 Å². The number of nitrogens with zero attached hydrogens (tertiary/aromatic N) is 1. The van der Waals surface area contributed by atoms with Gasteiger partial charge in [0, 0.05) is 29.8 Å². The monoisotopic (exact) mass is 317 g/mol. The van der Waals surface area contributed by atoms with Gasteiger partial charge in [0.2, 0.25) is 5.91 Å². The third kappa shape index (κ3) is 4.93. The number of benzene rings is 1. The number of aryl methyl sites for hydroxylation is 1. The summed E-state index contributed by atoms with van der Waals surface area (Å²) in [6.45, 7) is 3.62. The largest absolute Gasteiger partial charge is 0.356 e. The molecule has 2 rings (SSSR count). The van der Waals surface area contributed by atoms with Gasteiger partial charge in [-0.1, -0.05) is 30.3 Å². The summed E-state index contributed by atoms with van der Waals surface area (Å²) in [7, 11) is 1.90. The number of carbonyl (C=O) groups excluding carboxylic acids is 1. The van der Waals surface area contributed by atoms with Gasteiger partial charge in [0.15, 0.2) is 0 Å². The van der Waals surface area contributed by atoms with Crippen molar-refractivity contribution >= 4 is 17.2 Å². The molecule has 2 aromatic rings. The van der Waals surface area contributed by atoms with Gasteiger partial charge in [-0.05, 0) is 26.9 Å². The van der Waals surface area contributed by atoms with Crippen LogP contribution in [0.5, 0.6) is 0 Å². The molecule has 1 heterocycles. The Balaban J connectivity index is 1.83. The number of amides is 1. The molecule has 22 heavy (non-hydrogen) atoms. The minimum Gasteiger partial charge on any atom is -0.356 e. The van der Waals surface area contributed by atoms with E-state index in [-0.39, 0.29) is 5.91 Å². The Labute approximate surface area is 136 Å². The molecule has 5 heteroatoms. The van der Waals surface area contributed by atoms with Crippen LogP contribution in [0.2, 0.25) is 0 Å². The fourth-order valence-corrected chi connectivity index (χ4v) is 3.20. The molecule has 1 aromatic heterocycles. The normalized spacial score (nSPS) is 10.6. The van der Waals surface area contributed by atoms with Gasteiger partial charge >= 0.3 is 0 Å². The molecular weight excluding hydrogens is 294 g/mol. The van der Waals surface area contributed by atoms with Crippen molar-refractivity contribution in [2.24, 2.45) is 0 Å². The van der Waals surface area contributed by atoms with Gasteiger partial charge in [0.25, 0.3) is 0 Å². The number of hydrogen-bond acceptors (Lipinski definition) is 4. The zero-order valence-corrected chi connectivity index (χ0v) is 14.0. The van der Waals surface area contributed by atoms with Gasteiger partial charge in [0.1, 0.15) is 0 Å². The summed E-state index contributed by atoms with van der Waals surface area (Å²) < 4.78 is 0. The lowest BCUT2D eigenvalue weighted by Crippen LogP contribution is -2.26. The highest BCUT2D eigenvalue weighted by Gasteiger charge is 2.09. The van der Waals surface area contributed by atoms with Crippen molar-refractivity contribution in [2.45, 2.75) is 26.2 Å². The zero-order chi connectivity index (χ0) is 15.8. The van der Waals surface area contributed by atoms with Crippen molar-refractivity contribution in [3.8, 4) is 11.3 Å². The van der Waals surface area contributed by atoms with E-state index in [2.05, 4.69) is 29.7 Å². The molecule has 1 amide bonds. The van der Waals surface area contributed by atoms with Crippen LogP contribution in [0.25, 0.3) is 11.3 Å². The predicted octanol–water partition coefficient (Wildman–Crippen LogP) is 2.78. The minimum atomic E-state index is 0.117. The standard InChI is InChI=1S/C17H23N3OS/c1-13-17(14-7-4-3-5-8-14)20-16(22-13)10-12-19-15(21)9-6-11-18-2/h3-5,7-8,18H,6,9-12H2,1-2H3,(H,19,21). The first-order chi connectivity index (χ1) is 10.7. The number of carbonyl (C=O) groups is 1. The first-order valence-corrected chi connectivity index (χ1v) is 8.45. The summed E-state index contributed by atoms with van der Waals surface area (Å²) in [5, 5.41) is 7.08. The van der Waals surface area contributed by atoms with Crippen molar-refractivity contribution in [1.29, 1.82) is 0 Å². The van der Waals surface area contributed by atoms with Crippen LogP contribution in [0.15, 0.2) is 30.3 Å². The maximum Gasteiger partial charge on any atom is 0.220 e. The molecule has 0 fully saturated rings. The van der Waals surface area contributed by atoms with Crippen LogP contribution in [0.4, 0.5) is 0 Å². The van der Waals surface area contributed by atoms with Crippen LogP contribution in [-0.4, -0.2) is 31.0 Å². The Bertz CT molecular complexity index is 595. The molecule has 0 bridgehead atoms. The number of thiazole rings is 1. The molecule has 0 atom stereocenters. The van der Waals surface area contributed by atoms with E-state index in [0.717, 1.165) is 35.7 Å². The first kappa shape index (κ1) is 16.6. The number of nitrogens with one attached hydrogen (secondary N) is 2. The molecule has 0 aliphatic rings. The summed E-state index contributed by atoms with van der Waals surface area (Å²) in [4.78, 5) is 17.6. The third-order valence-electron chi connectivity index (χ3n) is 3.38. The first-order valence-electron chi connectivity index (χ1n) is 7.63. The molecule has 0 spiro atoms. The van der Waals surface area contributed by atoms with E-state index in [1.54, 1.807) is 11.3 Å². The summed E-state index contributed by atoms with van der Waals surface area (Å²) >= 11 is 1.71. The van der Waals surface area contributed by atoms with E-state index in [1.807, 2.05) is 25.2 Å². The highest BCUT2D eigenvalue weighted by Crippen LogP contribution is 2.27. The summed E-state index contributed by atoms with van der Waals surface area (Å²) in [5.74, 6) is 0.117. The SMILES string of the molecule is CNCCCC(=O)NCCc1nc(-c2ccccc2)c(C)s1. The maximum atomic E-state index is 11.6. The lowest BCUT2D eigenvalue weighted by Gasteiger charge is -2.03. The maximum absolute atomic E-state index is 11.6. The van der Waals surface area contributed by atoms with E-state index in [9.17, 15) is 4.79 Å². The van der Waals surface area contributed by atoms with Crippen molar-refractivity contribution in [3.05, 3.63) is 40.2 Å². The van der Waals surface area contributed by atoms with Crippen molar-refractivity contribution in [3.63, 3.8) is 0 Å². The average Bonchev–Trinajstić information content (AvgIpc) is 2.89. The Kier molecular flexibility index (Phi) is 6.55. The molecule has 118 valence electrons. The van der Waals surface area contributed by atoms with E-state index in [0.29, 0.717) is 13.0 Å². The van der Waals surface area contributed by atoms with E-state index >= 15 is 0 Å². The van der Waals surface area contributed by atoms with Gasteiger partial charge in [0.05, 0.1) is 10.7 Å². The second-order valence-electron chi connectivity index (χ2n) is 5.19. The van der Waals surface area contributed by atoms with Gasteiger partial charge in [-0.2, -0.15) is 0 Å². The number of aromatic nitrogens is 1. The Hall–Kier alpha value is -1.72. The van der Waals surface area contributed by atoms with Crippen LogP contribution in [0.1, 0.15) is 22.7 Å². The van der Waals surface area contributed by atoms with Crippen molar-refractivity contribution in [1.82, 2.24) is 15.6 Å². The fraction of sp³-hybridized carbons (Fsp3) is 0.412. The van der Waals surface area contributed by atoms with Crippen LogP contribution in [-0.2, 0) is 11.2 Å².